The molecule has 0 radical (unpaired) electrons. The molecule has 0 spiro atoms. The molecule has 0 rings (SSSR count). The highest BCUT2D eigenvalue weighted by molar-refractivity contribution is 5.87. The summed E-state index contributed by atoms with van der Waals surface area (Å²) in [5.41, 5.74) is 10.5. The summed E-state index contributed by atoms with van der Waals surface area (Å²) < 4.78 is 0. The maximum Gasteiger partial charge on any atom is 0.240 e. The Hall–Kier alpha value is -1.10. The van der Waals surface area contributed by atoms with E-state index in [0.717, 1.165) is 6.42 Å². The minimum absolute atomic E-state index is 0.111. The zero-order valence-electron chi connectivity index (χ0n) is 10.3. The maximum atomic E-state index is 11.7. The van der Waals surface area contributed by atoms with Crippen LogP contribution in [0.2, 0.25) is 0 Å². The largest absolute Gasteiger partial charge is 0.368 e. The van der Waals surface area contributed by atoms with Gasteiger partial charge in [0.2, 0.25) is 11.8 Å². The fraction of sp³-hybridized carbons (Fsp3) is 0.818. The molecule has 2 unspecified atom stereocenters. The van der Waals surface area contributed by atoms with Crippen molar-refractivity contribution in [2.24, 2.45) is 23.3 Å². The molecule has 0 aliphatic heterocycles. The van der Waals surface area contributed by atoms with Crippen LogP contribution in [0.25, 0.3) is 0 Å². The van der Waals surface area contributed by atoms with Crippen LogP contribution in [0.4, 0.5) is 0 Å². The topological polar surface area (TPSA) is 98.2 Å². The van der Waals surface area contributed by atoms with Gasteiger partial charge in [0, 0.05) is 5.92 Å². The molecule has 0 saturated heterocycles. The first-order valence-corrected chi connectivity index (χ1v) is 5.68. The number of hydrogen-bond acceptors (Lipinski definition) is 3. The van der Waals surface area contributed by atoms with Crippen LogP contribution >= 0.6 is 0 Å². The highest BCUT2D eigenvalue weighted by atomic mass is 16.2. The normalized spacial score (nSPS) is 14.6. The third-order valence-corrected chi connectivity index (χ3v) is 2.39. The van der Waals surface area contributed by atoms with Crippen LogP contribution in [0.15, 0.2) is 0 Å². The van der Waals surface area contributed by atoms with Gasteiger partial charge in [0.15, 0.2) is 0 Å². The van der Waals surface area contributed by atoms with Gasteiger partial charge in [-0.05, 0) is 25.3 Å². The summed E-state index contributed by atoms with van der Waals surface area (Å²) in [5, 5.41) is 2.63. The van der Waals surface area contributed by atoms with E-state index in [1.54, 1.807) is 0 Å². The zero-order valence-corrected chi connectivity index (χ0v) is 10.3. The molecule has 0 heterocycles. The van der Waals surface area contributed by atoms with E-state index >= 15 is 0 Å². The van der Waals surface area contributed by atoms with Crippen LogP contribution in [0, 0.1) is 11.8 Å². The minimum Gasteiger partial charge on any atom is -0.368 e. The number of rotatable bonds is 7. The van der Waals surface area contributed by atoms with E-state index in [9.17, 15) is 9.59 Å². The highest BCUT2D eigenvalue weighted by Crippen LogP contribution is 2.11. The molecule has 0 aromatic carbocycles. The Balaban J connectivity index is 4.23. The quantitative estimate of drug-likeness (QED) is 0.572. The van der Waals surface area contributed by atoms with E-state index in [0.29, 0.717) is 18.9 Å². The monoisotopic (exact) mass is 229 g/mol. The first-order valence-electron chi connectivity index (χ1n) is 5.68. The molecule has 5 heteroatoms. The van der Waals surface area contributed by atoms with Gasteiger partial charge >= 0.3 is 0 Å². The Morgan fingerprint density at radius 3 is 2.19 bits per heavy atom. The standard InChI is InChI=1S/C11H23N3O2/c1-7(2)6-8(3)11(16)14-9(4-5-12)10(13)15/h7-9H,4-6,12H2,1-3H3,(H2,13,15)(H,14,16). The summed E-state index contributed by atoms with van der Waals surface area (Å²) in [6.45, 7) is 6.27. The molecular formula is C11H23N3O2. The van der Waals surface area contributed by atoms with Crippen molar-refractivity contribution in [3.63, 3.8) is 0 Å². The third-order valence-electron chi connectivity index (χ3n) is 2.39. The smallest absolute Gasteiger partial charge is 0.240 e. The Labute approximate surface area is 96.9 Å². The van der Waals surface area contributed by atoms with E-state index in [4.69, 9.17) is 11.5 Å². The summed E-state index contributed by atoms with van der Waals surface area (Å²) in [4.78, 5) is 22.7. The summed E-state index contributed by atoms with van der Waals surface area (Å²) in [5.74, 6) is -0.330. The lowest BCUT2D eigenvalue weighted by molar-refractivity contribution is -0.130. The van der Waals surface area contributed by atoms with E-state index in [1.165, 1.54) is 0 Å². The lowest BCUT2D eigenvalue weighted by Crippen LogP contribution is -2.47. The van der Waals surface area contributed by atoms with Gasteiger partial charge < -0.3 is 16.8 Å². The minimum atomic E-state index is -0.646. The highest BCUT2D eigenvalue weighted by Gasteiger charge is 2.21. The molecule has 0 aromatic heterocycles. The SMILES string of the molecule is CC(C)CC(C)C(=O)NC(CCN)C(N)=O. The Morgan fingerprint density at radius 2 is 1.81 bits per heavy atom. The molecule has 0 saturated carbocycles. The number of carbonyl (C=O) groups excluding carboxylic acids is 2. The van der Waals surface area contributed by atoms with Gasteiger partial charge in [-0.25, -0.2) is 0 Å². The molecule has 0 aromatic rings. The second-order valence-corrected chi connectivity index (χ2v) is 4.57. The number of nitrogens with two attached hydrogens (primary N) is 2. The van der Waals surface area contributed by atoms with Gasteiger partial charge in [-0.3, -0.25) is 9.59 Å². The lowest BCUT2D eigenvalue weighted by atomic mass is 9.97. The van der Waals surface area contributed by atoms with Crippen LogP contribution in [-0.4, -0.2) is 24.4 Å². The van der Waals surface area contributed by atoms with E-state index in [1.807, 2.05) is 6.92 Å². The molecule has 0 fully saturated rings. The number of primary amides is 1. The predicted octanol–water partition coefficient (Wildman–Crippen LogP) is -0.0125. The third kappa shape index (κ3) is 5.70. The number of nitrogens with one attached hydrogen (secondary N) is 1. The second kappa shape index (κ2) is 7.22. The fourth-order valence-electron chi connectivity index (χ4n) is 1.58. The molecule has 5 N–H and O–H groups in total. The van der Waals surface area contributed by atoms with Crippen molar-refractivity contribution in [2.45, 2.75) is 39.7 Å². The fourth-order valence-corrected chi connectivity index (χ4v) is 1.58. The first kappa shape index (κ1) is 14.9. The number of amides is 2. The van der Waals surface area contributed by atoms with Crippen molar-refractivity contribution in [1.82, 2.24) is 5.32 Å². The molecular weight excluding hydrogens is 206 g/mol. The Kier molecular flexibility index (Phi) is 6.72. The van der Waals surface area contributed by atoms with Crippen molar-refractivity contribution < 1.29 is 9.59 Å². The summed E-state index contributed by atoms with van der Waals surface area (Å²) in [6, 6.07) is -0.646. The average molecular weight is 229 g/mol. The van der Waals surface area contributed by atoms with Gasteiger partial charge in [0.1, 0.15) is 6.04 Å². The van der Waals surface area contributed by atoms with Gasteiger partial charge in [-0.15, -0.1) is 0 Å². The number of hydrogen-bond donors (Lipinski definition) is 3. The molecule has 0 aliphatic carbocycles. The van der Waals surface area contributed by atoms with Crippen LogP contribution in [0.5, 0.6) is 0 Å². The number of carbonyl (C=O) groups is 2. The van der Waals surface area contributed by atoms with Crippen LogP contribution in [0.1, 0.15) is 33.6 Å². The molecule has 2 amide bonds. The first-order chi connectivity index (χ1) is 7.38. The van der Waals surface area contributed by atoms with Gasteiger partial charge in [-0.2, -0.15) is 0 Å². The average Bonchev–Trinajstić information content (AvgIpc) is 2.15. The maximum absolute atomic E-state index is 11.7. The van der Waals surface area contributed by atoms with Crippen molar-refractivity contribution in [1.29, 1.82) is 0 Å². The van der Waals surface area contributed by atoms with E-state index < -0.39 is 11.9 Å². The van der Waals surface area contributed by atoms with Crippen LogP contribution < -0.4 is 16.8 Å². The molecule has 0 aliphatic rings. The Bertz CT molecular complexity index is 241. The Morgan fingerprint density at radius 1 is 1.25 bits per heavy atom. The summed E-state index contributed by atoms with van der Waals surface area (Å²) in [6.07, 6.45) is 1.18. The van der Waals surface area contributed by atoms with Gasteiger partial charge in [-0.1, -0.05) is 20.8 Å². The summed E-state index contributed by atoms with van der Waals surface area (Å²) >= 11 is 0. The lowest BCUT2D eigenvalue weighted by Gasteiger charge is -2.19. The summed E-state index contributed by atoms with van der Waals surface area (Å²) in [7, 11) is 0. The molecule has 16 heavy (non-hydrogen) atoms. The molecule has 5 nitrogen and oxygen atoms in total. The molecule has 2 atom stereocenters. The van der Waals surface area contributed by atoms with Crippen molar-refractivity contribution in [2.75, 3.05) is 6.54 Å². The molecule has 94 valence electrons. The van der Waals surface area contributed by atoms with Crippen LogP contribution in [0.3, 0.4) is 0 Å². The van der Waals surface area contributed by atoms with Gasteiger partial charge in [0.05, 0.1) is 0 Å². The van der Waals surface area contributed by atoms with Crippen molar-refractivity contribution in [3.05, 3.63) is 0 Å². The molecule has 0 bridgehead atoms. The van der Waals surface area contributed by atoms with Crippen molar-refractivity contribution in [3.8, 4) is 0 Å². The van der Waals surface area contributed by atoms with Gasteiger partial charge in [0.25, 0.3) is 0 Å². The van der Waals surface area contributed by atoms with E-state index in [2.05, 4.69) is 19.2 Å². The van der Waals surface area contributed by atoms with Crippen molar-refractivity contribution >= 4 is 11.8 Å². The van der Waals surface area contributed by atoms with E-state index in [-0.39, 0.29) is 11.8 Å². The van der Waals surface area contributed by atoms with Crippen LogP contribution in [-0.2, 0) is 9.59 Å². The predicted molar refractivity (Wildman–Crippen MR) is 63.4 cm³/mol. The second-order valence-electron chi connectivity index (χ2n) is 4.57. The zero-order chi connectivity index (χ0) is 12.7.